The Hall–Kier alpha value is -2.44. The number of carbonyl (C=O) groups is 2. The van der Waals surface area contributed by atoms with Gasteiger partial charge in [0.25, 0.3) is 0 Å². The second-order valence-corrected chi connectivity index (χ2v) is 3.24. The van der Waals surface area contributed by atoms with E-state index in [9.17, 15) is 9.59 Å². The smallest absolute Gasteiger partial charge is 0.340 e. The zero-order chi connectivity index (χ0) is 13.4. The lowest BCUT2D eigenvalue weighted by atomic mass is 10.2. The zero-order valence-corrected chi connectivity index (χ0v) is 9.92. The summed E-state index contributed by atoms with van der Waals surface area (Å²) in [6.07, 6.45) is 0. The first-order valence-corrected chi connectivity index (χ1v) is 5.32. The SMILES string of the molecule is CCOC(=O)c1ccccc1NN=NCC(N)=O. The molecular weight excluding hydrogens is 236 g/mol. The summed E-state index contributed by atoms with van der Waals surface area (Å²) in [6.45, 7) is 1.80. The molecule has 0 bridgehead atoms. The fourth-order valence-corrected chi connectivity index (χ4v) is 1.16. The number of benzene rings is 1. The van der Waals surface area contributed by atoms with Crippen molar-refractivity contribution in [3.05, 3.63) is 29.8 Å². The van der Waals surface area contributed by atoms with Gasteiger partial charge in [0.1, 0.15) is 6.54 Å². The summed E-state index contributed by atoms with van der Waals surface area (Å²) in [7, 11) is 0. The summed E-state index contributed by atoms with van der Waals surface area (Å²) in [6, 6.07) is 6.69. The molecule has 3 N–H and O–H groups in total. The number of rotatable bonds is 6. The molecule has 0 radical (unpaired) electrons. The fourth-order valence-electron chi connectivity index (χ4n) is 1.16. The zero-order valence-electron chi connectivity index (χ0n) is 9.92. The van der Waals surface area contributed by atoms with Crippen molar-refractivity contribution in [1.29, 1.82) is 0 Å². The number of amides is 1. The Balaban J connectivity index is 2.73. The van der Waals surface area contributed by atoms with Gasteiger partial charge in [-0.1, -0.05) is 17.4 Å². The maximum Gasteiger partial charge on any atom is 0.340 e. The molecule has 0 fully saturated rings. The molecule has 1 aromatic carbocycles. The van der Waals surface area contributed by atoms with Crippen LogP contribution in [0.15, 0.2) is 34.6 Å². The van der Waals surface area contributed by atoms with Crippen LogP contribution in [0.5, 0.6) is 0 Å². The highest BCUT2D eigenvalue weighted by molar-refractivity contribution is 5.95. The number of primary amides is 1. The number of anilines is 1. The molecule has 0 aromatic heterocycles. The lowest BCUT2D eigenvalue weighted by molar-refractivity contribution is -0.116. The van der Waals surface area contributed by atoms with Gasteiger partial charge in [-0.3, -0.25) is 10.2 Å². The van der Waals surface area contributed by atoms with Crippen molar-refractivity contribution in [1.82, 2.24) is 0 Å². The molecule has 0 aliphatic heterocycles. The third-order valence-corrected chi connectivity index (χ3v) is 1.89. The number of para-hydroxylation sites is 1. The lowest BCUT2D eigenvalue weighted by Gasteiger charge is -2.06. The molecule has 7 nitrogen and oxygen atoms in total. The van der Waals surface area contributed by atoms with Gasteiger partial charge < -0.3 is 10.5 Å². The number of esters is 1. The maximum absolute atomic E-state index is 11.6. The van der Waals surface area contributed by atoms with Gasteiger partial charge in [-0.15, -0.1) is 0 Å². The van der Waals surface area contributed by atoms with Crippen LogP contribution in [0.25, 0.3) is 0 Å². The van der Waals surface area contributed by atoms with Crippen molar-refractivity contribution in [2.24, 2.45) is 16.1 Å². The van der Waals surface area contributed by atoms with Gasteiger partial charge >= 0.3 is 5.97 Å². The van der Waals surface area contributed by atoms with Gasteiger partial charge in [0.05, 0.1) is 17.9 Å². The first kappa shape index (κ1) is 13.6. The van der Waals surface area contributed by atoms with Gasteiger partial charge in [0, 0.05) is 0 Å². The van der Waals surface area contributed by atoms with Crippen molar-refractivity contribution in [2.45, 2.75) is 6.92 Å². The summed E-state index contributed by atoms with van der Waals surface area (Å²) in [5, 5.41) is 7.05. The topological polar surface area (TPSA) is 106 Å². The van der Waals surface area contributed by atoms with E-state index in [1.807, 2.05) is 0 Å². The second-order valence-electron chi connectivity index (χ2n) is 3.24. The van der Waals surface area contributed by atoms with Crippen molar-refractivity contribution in [3.63, 3.8) is 0 Å². The molecule has 18 heavy (non-hydrogen) atoms. The highest BCUT2D eigenvalue weighted by Gasteiger charge is 2.10. The number of ether oxygens (including phenoxy) is 1. The van der Waals surface area contributed by atoms with E-state index in [2.05, 4.69) is 15.8 Å². The first-order chi connectivity index (χ1) is 8.65. The number of hydrogen-bond acceptors (Lipinski definition) is 5. The number of nitrogens with zero attached hydrogens (tertiary/aromatic N) is 2. The van der Waals surface area contributed by atoms with Gasteiger partial charge in [0.15, 0.2) is 0 Å². The number of carbonyl (C=O) groups excluding carboxylic acids is 2. The number of nitrogens with two attached hydrogens (primary N) is 1. The van der Waals surface area contributed by atoms with Gasteiger partial charge in [-0.2, -0.15) is 5.11 Å². The maximum atomic E-state index is 11.6. The van der Waals surface area contributed by atoms with Crippen LogP contribution in [0.4, 0.5) is 5.69 Å². The molecule has 0 spiro atoms. The number of nitrogens with one attached hydrogen (secondary N) is 1. The first-order valence-electron chi connectivity index (χ1n) is 5.32. The van der Waals surface area contributed by atoms with Crippen LogP contribution in [0.1, 0.15) is 17.3 Å². The van der Waals surface area contributed by atoms with Crippen molar-refractivity contribution >= 4 is 17.6 Å². The summed E-state index contributed by atoms with van der Waals surface area (Å²) in [4.78, 5) is 22.0. The van der Waals surface area contributed by atoms with Crippen molar-refractivity contribution in [2.75, 3.05) is 18.6 Å². The molecule has 7 heteroatoms. The Bertz CT molecular complexity index is 459. The molecule has 0 heterocycles. The lowest BCUT2D eigenvalue weighted by Crippen LogP contribution is -2.13. The molecular formula is C11H14N4O3. The average molecular weight is 250 g/mol. The van der Waals surface area contributed by atoms with Crippen molar-refractivity contribution in [3.8, 4) is 0 Å². The Morgan fingerprint density at radius 1 is 1.39 bits per heavy atom. The molecule has 1 amide bonds. The predicted octanol–water partition coefficient (Wildman–Crippen LogP) is 1.13. The fraction of sp³-hybridized carbons (Fsp3) is 0.273. The molecule has 0 aliphatic carbocycles. The summed E-state index contributed by atoms with van der Waals surface area (Å²) in [5.74, 6) is -1.04. The van der Waals surface area contributed by atoms with Gasteiger partial charge in [0.2, 0.25) is 5.91 Å². The van der Waals surface area contributed by atoms with E-state index in [1.165, 1.54) is 0 Å². The molecule has 0 aliphatic rings. The molecule has 0 atom stereocenters. The quantitative estimate of drug-likeness (QED) is 0.448. The summed E-state index contributed by atoms with van der Waals surface area (Å²) in [5.41, 5.74) is 8.25. The Morgan fingerprint density at radius 2 is 2.11 bits per heavy atom. The Kier molecular flexibility index (Phi) is 5.30. The van der Waals surface area contributed by atoms with Crippen molar-refractivity contribution < 1.29 is 14.3 Å². The van der Waals surface area contributed by atoms with E-state index in [1.54, 1.807) is 31.2 Å². The molecule has 0 unspecified atom stereocenters. The van der Waals surface area contributed by atoms with Crippen LogP contribution < -0.4 is 11.2 Å². The molecule has 0 saturated carbocycles. The van der Waals surface area contributed by atoms with Gasteiger partial charge in [-0.25, -0.2) is 4.79 Å². The minimum Gasteiger partial charge on any atom is -0.462 e. The van der Waals surface area contributed by atoms with Crippen LogP contribution >= 0.6 is 0 Å². The molecule has 1 aromatic rings. The van der Waals surface area contributed by atoms with E-state index in [0.29, 0.717) is 11.3 Å². The van der Waals surface area contributed by atoms with Crippen LogP contribution in [0, 0.1) is 0 Å². The minimum atomic E-state index is -0.584. The normalized spacial score (nSPS) is 10.3. The highest BCUT2D eigenvalue weighted by Crippen LogP contribution is 2.16. The van der Waals surface area contributed by atoms with E-state index >= 15 is 0 Å². The van der Waals surface area contributed by atoms with E-state index in [-0.39, 0.29) is 13.2 Å². The van der Waals surface area contributed by atoms with Crippen LogP contribution in [-0.2, 0) is 9.53 Å². The third-order valence-electron chi connectivity index (χ3n) is 1.89. The predicted molar refractivity (Wildman–Crippen MR) is 64.9 cm³/mol. The number of hydrogen-bond donors (Lipinski definition) is 2. The van der Waals surface area contributed by atoms with Gasteiger partial charge in [-0.05, 0) is 19.1 Å². The second kappa shape index (κ2) is 7.00. The minimum absolute atomic E-state index is 0.214. The van der Waals surface area contributed by atoms with Crippen LogP contribution in [0.3, 0.4) is 0 Å². The van der Waals surface area contributed by atoms with E-state index in [0.717, 1.165) is 0 Å². The van der Waals surface area contributed by atoms with Crippen LogP contribution in [0.2, 0.25) is 0 Å². The third kappa shape index (κ3) is 4.20. The largest absolute Gasteiger partial charge is 0.462 e. The monoisotopic (exact) mass is 250 g/mol. The molecule has 96 valence electrons. The Morgan fingerprint density at radius 3 is 2.78 bits per heavy atom. The summed E-state index contributed by atoms with van der Waals surface area (Å²) >= 11 is 0. The average Bonchev–Trinajstić information content (AvgIpc) is 2.35. The van der Waals surface area contributed by atoms with Crippen LogP contribution in [-0.4, -0.2) is 25.0 Å². The standard InChI is InChI=1S/C11H14N4O3/c1-2-18-11(17)8-5-3-4-6-9(8)14-15-13-7-10(12)16/h3-6H,2,7H2,1H3,(H2,12,16)(H,13,14). The van der Waals surface area contributed by atoms with E-state index in [4.69, 9.17) is 10.5 Å². The summed E-state index contributed by atoms with van der Waals surface area (Å²) < 4.78 is 4.89. The molecule has 0 saturated heterocycles. The van der Waals surface area contributed by atoms with E-state index < -0.39 is 11.9 Å². The molecule has 1 rings (SSSR count). The highest BCUT2D eigenvalue weighted by atomic mass is 16.5. The Labute approximate surface area is 104 Å².